The molecule has 1 aromatic carbocycles. The molecule has 0 bridgehead atoms. The second kappa shape index (κ2) is 7.25. The van der Waals surface area contributed by atoms with Gasteiger partial charge in [-0.25, -0.2) is 4.39 Å². The minimum atomic E-state index is -0.308. The zero-order valence-electron chi connectivity index (χ0n) is 10.8. The summed E-state index contributed by atoms with van der Waals surface area (Å²) in [5.41, 5.74) is 0.933. The summed E-state index contributed by atoms with van der Waals surface area (Å²) in [6.07, 6.45) is 0. The van der Waals surface area contributed by atoms with Crippen LogP contribution in [0.4, 0.5) is 4.39 Å². The maximum atomic E-state index is 13.4. The van der Waals surface area contributed by atoms with Gasteiger partial charge in [-0.15, -0.1) is 0 Å². The number of halogens is 1. The molecule has 0 aliphatic carbocycles. The van der Waals surface area contributed by atoms with Gasteiger partial charge in [-0.1, -0.05) is 13.0 Å². The highest BCUT2D eigenvalue weighted by molar-refractivity contribution is 5.29. The first-order chi connectivity index (χ1) is 8.17. The van der Waals surface area contributed by atoms with E-state index in [2.05, 4.69) is 24.2 Å². The third-order valence-corrected chi connectivity index (χ3v) is 2.76. The fraction of sp³-hybridized carbons (Fsp3) is 0.538. The molecule has 0 spiro atoms. The van der Waals surface area contributed by atoms with Crippen molar-refractivity contribution in [2.45, 2.75) is 13.5 Å². The van der Waals surface area contributed by atoms with Crippen LogP contribution < -0.4 is 10.1 Å². The smallest absolute Gasteiger partial charge is 0.165 e. The lowest BCUT2D eigenvalue weighted by Crippen LogP contribution is -2.28. The van der Waals surface area contributed by atoms with Crippen LogP contribution in [0.3, 0.4) is 0 Å². The fourth-order valence-corrected chi connectivity index (χ4v) is 1.48. The Labute approximate surface area is 103 Å². The van der Waals surface area contributed by atoms with E-state index in [1.807, 2.05) is 6.07 Å². The van der Waals surface area contributed by atoms with E-state index in [1.165, 1.54) is 13.2 Å². The van der Waals surface area contributed by atoms with E-state index in [9.17, 15) is 4.39 Å². The average Bonchev–Trinajstić information content (AvgIpc) is 2.34. The zero-order valence-corrected chi connectivity index (χ0v) is 10.8. The molecule has 4 heteroatoms. The van der Waals surface area contributed by atoms with Gasteiger partial charge in [0.1, 0.15) is 0 Å². The van der Waals surface area contributed by atoms with Gasteiger partial charge in [-0.05, 0) is 31.3 Å². The Morgan fingerprint density at radius 1 is 1.41 bits per heavy atom. The first-order valence-corrected chi connectivity index (χ1v) is 5.89. The van der Waals surface area contributed by atoms with Crippen molar-refractivity contribution in [1.29, 1.82) is 0 Å². The molecular weight excluding hydrogens is 219 g/mol. The molecule has 0 fully saturated rings. The molecule has 0 aromatic heterocycles. The van der Waals surface area contributed by atoms with Gasteiger partial charge in [0.15, 0.2) is 11.6 Å². The highest BCUT2D eigenvalue weighted by atomic mass is 19.1. The van der Waals surface area contributed by atoms with Crippen molar-refractivity contribution in [2.75, 3.05) is 33.8 Å². The van der Waals surface area contributed by atoms with E-state index < -0.39 is 0 Å². The lowest BCUT2D eigenvalue weighted by atomic mass is 10.2. The van der Waals surface area contributed by atoms with Gasteiger partial charge in [-0.3, -0.25) is 0 Å². The van der Waals surface area contributed by atoms with Crippen LogP contribution in [0.15, 0.2) is 18.2 Å². The number of nitrogens with one attached hydrogen (secondary N) is 1. The van der Waals surface area contributed by atoms with Gasteiger partial charge in [0, 0.05) is 19.6 Å². The van der Waals surface area contributed by atoms with E-state index in [-0.39, 0.29) is 5.82 Å². The fourth-order valence-electron chi connectivity index (χ4n) is 1.48. The van der Waals surface area contributed by atoms with E-state index >= 15 is 0 Å². The molecule has 96 valence electrons. The largest absolute Gasteiger partial charge is 0.494 e. The zero-order chi connectivity index (χ0) is 12.7. The molecule has 0 aliphatic heterocycles. The summed E-state index contributed by atoms with van der Waals surface area (Å²) < 4.78 is 18.3. The molecule has 0 aliphatic rings. The van der Waals surface area contributed by atoms with Crippen LogP contribution in [0.2, 0.25) is 0 Å². The first kappa shape index (κ1) is 13.9. The first-order valence-electron chi connectivity index (χ1n) is 5.89. The van der Waals surface area contributed by atoms with Crippen LogP contribution in [-0.4, -0.2) is 38.7 Å². The van der Waals surface area contributed by atoms with Crippen molar-refractivity contribution in [3.8, 4) is 5.75 Å². The molecule has 0 unspecified atom stereocenters. The Morgan fingerprint density at radius 2 is 2.18 bits per heavy atom. The SMILES string of the molecule is CCN(C)CCNCc1ccc(OC)c(F)c1. The van der Waals surface area contributed by atoms with E-state index in [1.54, 1.807) is 6.07 Å². The molecule has 0 amide bonds. The Morgan fingerprint density at radius 3 is 2.76 bits per heavy atom. The molecule has 0 saturated heterocycles. The number of benzene rings is 1. The summed E-state index contributed by atoms with van der Waals surface area (Å²) in [5.74, 6) is -0.0167. The van der Waals surface area contributed by atoms with Crippen molar-refractivity contribution in [3.05, 3.63) is 29.6 Å². The number of rotatable bonds is 7. The summed E-state index contributed by atoms with van der Waals surface area (Å²) in [6.45, 7) is 5.74. The number of hydrogen-bond acceptors (Lipinski definition) is 3. The van der Waals surface area contributed by atoms with Crippen LogP contribution in [0.1, 0.15) is 12.5 Å². The van der Waals surface area contributed by atoms with E-state index in [4.69, 9.17) is 4.74 Å². The lowest BCUT2D eigenvalue weighted by Gasteiger charge is -2.14. The van der Waals surface area contributed by atoms with Crippen molar-refractivity contribution < 1.29 is 9.13 Å². The van der Waals surface area contributed by atoms with Crippen LogP contribution in [0, 0.1) is 5.82 Å². The van der Waals surface area contributed by atoms with Gasteiger partial charge < -0.3 is 15.0 Å². The topological polar surface area (TPSA) is 24.5 Å². The number of hydrogen-bond donors (Lipinski definition) is 1. The predicted molar refractivity (Wildman–Crippen MR) is 67.8 cm³/mol. The van der Waals surface area contributed by atoms with Gasteiger partial charge in [0.25, 0.3) is 0 Å². The summed E-state index contributed by atoms with van der Waals surface area (Å²) in [7, 11) is 3.55. The Kier molecular flexibility index (Phi) is 5.94. The van der Waals surface area contributed by atoms with Crippen LogP contribution in [0.25, 0.3) is 0 Å². The van der Waals surface area contributed by atoms with Crippen molar-refractivity contribution in [2.24, 2.45) is 0 Å². The molecule has 1 N–H and O–H groups in total. The summed E-state index contributed by atoms with van der Waals surface area (Å²) in [4.78, 5) is 2.22. The molecule has 1 aromatic rings. The molecular formula is C13H21FN2O. The normalized spacial score (nSPS) is 10.9. The predicted octanol–water partition coefficient (Wildman–Crippen LogP) is 1.88. The summed E-state index contributed by atoms with van der Waals surface area (Å²) in [6, 6.07) is 5.04. The van der Waals surface area contributed by atoms with Crippen molar-refractivity contribution in [3.63, 3.8) is 0 Å². The second-order valence-corrected chi connectivity index (χ2v) is 4.04. The number of likely N-dealkylation sites (N-methyl/N-ethyl adjacent to an activating group) is 1. The van der Waals surface area contributed by atoms with Crippen molar-refractivity contribution in [1.82, 2.24) is 10.2 Å². The molecule has 1 rings (SSSR count). The van der Waals surface area contributed by atoms with Crippen LogP contribution in [0.5, 0.6) is 5.75 Å². The van der Waals surface area contributed by atoms with Crippen LogP contribution >= 0.6 is 0 Å². The monoisotopic (exact) mass is 240 g/mol. The Hall–Kier alpha value is -1.13. The summed E-state index contributed by atoms with van der Waals surface area (Å²) in [5, 5.41) is 3.28. The second-order valence-electron chi connectivity index (χ2n) is 4.04. The quantitative estimate of drug-likeness (QED) is 0.736. The van der Waals surface area contributed by atoms with Gasteiger partial charge in [0.2, 0.25) is 0 Å². The maximum absolute atomic E-state index is 13.4. The highest BCUT2D eigenvalue weighted by Crippen LogP contribution is 2.17. The van der Waals surface area contributed by atoms with E-state index in [0.717, 1.165) is 25.2 Å². The maximum Gasteiger partial charge on any atom is 0.165 e. The minimum Gasteiger partial charge on any atom is -0.494 e. The Balaban J connectivity index is 2.34. The standard InChI is InChI=1S/C13H21FN2O/c1-4-16(2)8-7-15-10-11-5-6-13(17-3)12(14)9-11/h5-6,9,15H,4,7-8,10H2,1-3H3. The molecule has 0 atom stereocenters. The van der Waals surface area contributed by atoms with Gasteiger partial charge >= 0.3 is 0 Å². The minimum absolute atomic E-state index is 0.291. The van der Waals surface area contributed by atoms with Crippen LogP contribution in [-0.2, 0) is 6.54 Å². The number of nitrogens with zero attached hydrogens (tertiary/aromatic N) is 1. The van der Waals surface area contributed by atoms with Gasteiger partial charge in [0.05, 0.1) is 7.11 Å². The highest BCUT2D eigenvalue weighted by Gasteiger charge is 2.03. The molecule has 0 heterocycles. The molecule has 0 saturated carbocycles. The van der Waals surface area contributed by atoms with Crippen molar-refractivity contribution >= 4 is 0 Å². The average molecular weight is 240 g/mol. The molecule has 17 heavy (non-hydrogen) atoms. The van der Waals surface area contributed by atoms with E-state index in [0.29, 0.717) is 12.3 Å². The third-order valence-electron chi connectivity index (χ3n) is 2.76. The third kappa shape index (κ3) is 4.71. The lowest BCUT2D eigenvalue weighted by molar-refractivity contribution is 0.348. The number of methoxy groups -OCH3 is 1. The molecule has 0 radical (unpaired) electrons. The number of ether oxygens (including phenoxy) is 1. The summed E-state index contributed by atoms with van der Waals surface area (Å²) >= 11 is 0. The Bertz CT molecular complexity index is 344. The molecule has 3 nitrogen and oxygen atoms in total. The van der Waals surface area contributed by atoms with Gasteiger partial charge in [-0.2, -0.15) is 0 Å².